The summed E-state index contributed by atoms with van der Waals surface area (Å²) in [5.41, 5.74) is 0. The molecule has 3 nitrogen and oxygen atoms in total. The third-order valence-electron chi connectivity index (χ3n) is 4.74. The lowest BCUT2D eigenvalue weighted by Gasteiger charge is -2.17. The van der Waals surface area contributed by atoms with Crippen LogP contribution in [0.1, 0.15) is 22.5 Å². The van der Waals surface area contributed by atoms with Gasteiger partial charge in [-0.1, -0.05) is 18.2 Å². The summed E-state index contributed by atoms with van der Waals surface area (Å²) in [6.45, 7) is 1.54. The van der Waals surface area contributed by atoms with Crippen LogP contribution in [0.25, 0.3) is 10.1 Å². The molecular formula is C16H17NO2S. The minimum Gasteiger partial charge on any atom is -0.393 e. The average molecular weight is 287 g/mol. The average Bonchev–Trinajstić information content (AvgIpc) is 3.13. The van der Waals surface area contributed by atoms with Crippen molar-refractivity contribution in [3.8, 4) is 0 Å². The first-order valence-corrected chi connectivity index (χ1v) is 8.00. The standard InChI is InChI=1S/C16H17NO2S/c18-13-6-5-11-8-17(9-12(11)13)16(19)15-7-10-3-1-2-4-14(10)20-15/h1-4,7,11-13,18H,5-6,8-9H2. The van der Waals surface area contributed by atoms with Gasteiger partial charge in [0.2, 0.25) is 0 Å². The van der Waals surface area contributed by atoms with Crippen LogP contribution < -0.4 is 0 Å². The van der Waals surface area contributed by atoms with Gasteiger partial charge in [-0.25, -0.2) is 0 Å². The zero-order chi connectivity index (χ0) is 13.7. The zero-order valence-electron chi connectivity index (χ0n) is 11.2. The van der Waals surface area contributed by atoms with E-state index in [-0.39, 0.29) is 12.0 Å². The van der Waals surface area contributed by atoms with Crippen molar-refractivity contribution in [2.45, 2.75) is 18.9 Å². The van der Waals surface area contributed by atoms with Crippen LogP contribution in [0, 0.1) is 11.8 Å². The molecule has 1 N–H and O–H groups in total. The van der Waals surface area contributed by atoms with E-state index in [0.717, 1.165) is 40.9 Å². The SMILES string of the molecule is O=C(c1cc2ccccc2s1)N1CC2CCC(O)C2C1. The van der Waals surface area contributed by atoms with E-state index in [1.54, 1.807) is 11.3 Å². The molecule has 20 heavy (non-hydrogen) atoms. The van der Waals surface area contributed by atoms with Crippen LogP contribution >= 0.6 is 11.3 Å². The van der Waals surface area contributed by atoms with Gasteiger partial charge in [-0.15, -0.1) is 11.3 Å². The van der Waals surface area contributed by atoms with Crippen LogP contribution in [0.4, 0.5) is 0 Å². The number of amides is 1. The lowest BCUT2D eigenvalue weighted by atomic mass is 10.00. The number of fused-ring (bicyclic) bond motifs is 2. The molecule has 4 rings (SSSR count). The molecule has 0 radical (unpaired) electrons. The fraction of sp³-hybridized carbons (Fsp3) is 0.438. The molecule has 1 aliphatic carbocycles. The van der Waals surface area contributed by atoms with E-state index in [2.05, 4.69) is 6.07 Å². The van der Waals surface area contributed by atoms with E-state index in [1.165, 1.54) is 0 Å². The summed E-state index contributed by atoms with van der Waals surface area (Å²) in [4.78, 5) is 15.4. The molecule has 1 saturated heterocycles. The fourth-order valence-corrected chi connectivity index (χ4v) is 4.68. The number of benzene rings is 1. The van der Waals surface area contributed by atoms with Crippen LogP contribution in [-0.2, 0) is 0 Å². The third kappa shape index (κ3) is 1.86. The maximum atomic E-state index is 12.6. The summed E-state index contributed by atoms with van der Waals surface area (Å²) in [5.74, 6) is 0.935. The molecule has 1 aliphatic heterocycles. The monoisotopic (exact) mass is 287 g/mol. The molecule has 2 heterocycles. The van der Waals surface area contributed by atoms with Gasteiger partial charge in [0.25, 0.3) is 5.91 Å². The smallest absolute Gasteiger partial charge is 0.263 e. The Kier molecular flexibility index (Phi) is 2.82. The van der Waals surface area contributed by atoms with E-state index in [1.807, 2.05) is 29.2 Å². The number of hydrogen-bond donors (Lipinski definition) is 1. The van der Waals surface area contributed by atoms with E-state index >= 15 is 0 Å². The molecule has 1 aromatic heterocycles. The van der Waals surface area contributed by atoms with E-state index in [0.29, 0.717) is 11.8 Å². The minimum atomic E-state index is -0.208. The lowest BCUT2D eigenvalue weighted by Crippen LogP contribution is -2.30. The molecule has 2 fully saturated rings. The first-order chi connectivity index (χ1) is 9.72. The van der Waals surface area contributed by atoms with Gasteiger partial charge < -0.3 is 10.0 Å². The summed E-state index contributed by atoms with van der Waals surface area (Å²) < 4.78 is 1.16. The number of carbonyl (C=O) groups excluding carboxylic acids is 1. The first kappa shape index (κ1) is 12.4. The normalized spacial score (nSPS) is 29.1. The van der Waals surface area contributed by atoms with Crippen molar-refractivity contribution in [2.75, 3.05) is 13.1 Å². The predicted molar refractivity (Wildman–Crippen MR) is 79.9 cm³/mol. The number of hydrogen-bond acceptors (Lipinski definition) is 3. The Bertz CT molecular complexity index is 632. The molecule has 4 heteroatoms. The summed E-state index contributed by atoms with van der Waals surface area (Å²) in [6.07, 6.45) is 1.75. The number of nitrogens with zero attached hydrogens (tertiary/aromatic N) is 1. The van der Waals surface area contributed by atoms with Gasteiger partial charge in [-0.05, 0) is 36.3 Å². The summed E-state index contributed by atoms with van der Waals surface area (Å²) in [7, 11) is 0. The van der Waals surface area contributed by atoms with Gasteiger partial charge in [0.1, 0.15) is 0 Å². The van der Waals surface area contributed by atoms with Crippen molar-refractivity contribution in [1.82, 2.24) is 4.90 Å². The number of likely N-dealkylation sites (tertiary alicyclic amines) is 1. The van der Waals surface area contributed by atoms with Gasteiger partial charge in [-0.3, -0.25) is 4.79 Å². The number of carbonyl (C=O) groups is 1. The minimum absolute atomic E-state index is 0.132. The summed E-state index contributed by atoms with van der Waals surface area (Å²) in [6, 6.07) is 10.1. The molecule has 0 spiro atoms. The van der Waals surface area contributed by atoms with Crippen molar-refractivity contribution in [2.24, 2.45) is 11.8 Å². The van der Waals surface area contributed by atoms with Crippen molar-refractivity contribution < 1.29 is 9.90 Å². The van der Waals surface area contributed by atoms with Crippen LogP contribution in [0.5, 0.6) is 0 Å². The molecule has 104 valence electrons. The van der Waals surface area contributed by atoms with Gasteiger partial charge in [0.05, 0.1) is 11.0 Å². The second kappa shape index (κ2) is 4.57. The molecule has 0 bridgehead atoms. The molecule has 1 amide bonds. The van der Waals surface area contributed by atoms with Crippen LogP contribution in [0.3, 0.4) is 0 Å². The highest BCUT2D eigenvalue weighted by Crippen LogP contribution is 2.39. The molecule has 1 aromatic carbocycles. The largest absolute Gasteiger partial charge is 0.393 e. The number of aliphatic hydroxyl groups is 1. The Morgan fingerprint density at radius 1 is 1.25 bits per heavy atom. The highest BCUT2D eigenvalue weighted by atomic mass is 32.1. The molecule has 3 unspecified atom stereocenters. The molecule has 1 saturated carbocycles. The number of rotatable bonds is 1. The first-order valence-electron chi connectivity index (χ1n) is 7.18. The van der Waals surface area contributed by atoms with Gasteiger partial charge in [-0.2, -0.15) is 0 Å². The Morgan fingerprint density at radius 3 is 2.90 bits per heavy atom. The molecule has 3 atom stereocenters. The number of aliphatic hydroxyl groups excluding tert-OH is 1. The Hall–Kier alpha value is -1.39. The maximum Gasteiger partial charge on any atom is 0.263 e. The molecular weight excluding hydrogens is 270 g/mol. The molecule has 2 aliphatic rings. The second-order valence-corrected chi connectivity index (χ2v) is 7.01. The van der Waals surface area contributed by atoms with Crippen molar-refractivity contribution >= 4 is 27.3 Å². The van der Waals surface area contributed by atoms with Crippen LogP contribution in [-0.4, -0.2) is 35.1 Å². The highest BCUT2D eigenvalue weighted by molar-refractivity contribution is 7.20. The quantitative estimate of drug-likeness (QED) is 0.876. The lowest BCUT2D eigenvalue weighted by molar-refractivity contribution is 0.0757. The van der Waals surface area contributed by atoms with Crippen molar-refractivity contribution in [1.29, 1.82) is 0 Å². The zero-order valence-corrected chi connectivity index (χ0v) is 12.0. The Balaban J connectivity index is 1.58. The second-order valence-electron chi connectivity index (χ2n) is 5.93. The van der Waals surface area contributed by atoms with Gasteiger partial charge >= 0.3 is 0 Å². The van der Waals surface area contributed by atoms with Crippen LogP contribution in [0.2, 0.25) is 0 Å². The van der Waals surface area contributed by atoms with Crippen molar-refractivity contribution in [3.63, 3.8) is 0 Å². The number of thiophene rings is 1. The van der Waals surface area contributed by atoms with E-state index in [4.69, 9.17) is 0 Å². The predicted octanol–water partition coefficient (Wildman–Crippen LogP) is 2.74. The maximum absolute atomic E-state index is 12.6. The third-order valence-corrected chi connectivity index (χ3v) is 5.85. The summed E-state index contributed by atoms with van der Waals surface area (Å²) in [5, 5.41) is 11.1. The fourth-order valence-electron chi connectivity index (χ4n) is 3.65. The topological polar surface area (TPSA) is 40.5 Å². The van der Waals surface area contributed by atoms with Gasteiger partial charge in [0, 0.05) is 23.7 Å². The van der Waals surface area contributed by atoms with Gasteiger partial charge in [0.15, 0.2) is 0 Å². The van der Waals surface area contributed by atoms with E-state index in [9.17, 15) is 9.90 Å². The molecule has 2 aromatic rings. The Labute approximate surface area is 121 Å². The van der Waals surface area contributed by atoms with Crippen molar-refractivity contribution in [3.05, 3.63) is 35.2 Å². The summed E-state index contributed by atoms with van der Waals surface area (Å²) >= 11 is 1.57. The van der Waals surface area contributed by atoms with Crippen LogP contribution in [0.15, 0.2) is 30.3 Å². The highest BCUT2D eigenvalue weighted by Gasteiger charge is 2.43. The van der Waals surface area contributed by atoms with E-state index < -0.39 is 0 Å². The Morgan fingerprint density at radius 2 is 2.10 bits per heavy atom.